The number of likely N-dealkylation sites (tertiary alicyclic amines) is 2. The van der Waals surface area contributed by atoms with Crippen LogP contribution in [0.4, 0.5) is 19.6 Å². The van der Waals surface area contributed by atoms with Crippen LogP contribution in [-0.4, -0.2) is 90.8 Å². The molecule has 13 heteroatoms. The van der Waals surface area contributed by atoms with E-state index in [1.54, 1.807) is 24.1 Å². The van der Waals surface area contributed by atoms with Crippen molar-refractivity contribution in [2.24, 2.45) is 0 Å². The lowest BCUT2D eigenvalue weighted by Crippen LogP contribution is -2.43. The van der Waals surface area contributed by atoms with Gasteiger partial charge in [-0.05, 0) is 50.6 Å². The van der Waals surface area contributed by atoms with Crippen LogP contribution < -0.4 is 15.4 Å². The molecule has 0 saturated carbocycles. The van der Waals surface area contributed by atoms with Crippen molar-refractivity contribution in [3.63, 3.8) is 0 Å². The van der Waals surface area contributed by atoms with Gasteiger partial charge in [0.15, 0.2) is 5.82 Å². The Hall–Kier alpha value is -4.38. The molecular weight excluding hydrogens is 612 g/mol. The predicted molar refractivity (Wildman–Crippen MR) is 175 cm³/mol. The number of carbonyl (C=O) groups excluding carboxylic acids is 1. The van der Waals surface area contributed by atoms with E-state index >= 15 is 4.39 Å². The quantitative estimate of drug-likeness (QED) is 0.265. The van der Waals surface area contributed by atoms with E-state index in [2.05, 4.69) is 16.5 Å². The number of rotatable bonds is 8. The highest BCUT2D eigenvalue weighted by atomic mass is 32.1. The summed E-state index contributed by atoms with van der Waals surface area (Å²) in [7, 11) is 5.54. The van der Waals surface area contributed by atoms with Crippen LogP contribution in [0, 0.1) is 23.0 Å². The number of thiophene rings is 1. The number of nitriles is 1. The van der Waals surface area contributed by atoms with Crippen LogP contribution in [0.2, 0.25) is 0 Å². The Balaban J connectivity index is 1.47. The number of halogens is 2. The zero-order chi connectivity index (χ0) is 32.9. The predicted octanol–water partition coefficient (Wildman–Crippen LogP) is 4.95. The smallest absolute Gasteiger partial charge is 0.319 e. The van der Waals surface area contributed by atoms with Crippen LogP contribution in [0.3, 0.4) is 0 Å². The molecule has 2 aromatic carbocycles. The third-order valence-corrected chi connectivity index (χ3v) is 10.4. The van der Waals surface area contributed by atoms with Gasteiger partial charge in [0.1, 0.15) is 34.8 Å². The van der Waals surface area contributed by atoms with Gasteiger partial charge in [-0.2, -0.15) is 15.2 Å². The average molecular weight is 648 g/mol. The van der Waals surface area contributed by atoms with Crippen LogP contribution in [0.15, 0.2) is 36.9 Å². The van der Waals surface area contributed by atoms with E-state index in [4.69, 9.17) is 20.2 Å². The third-order valence-electron chi connectivity index (χ3n) is 9.38. The molecule has 10 nitrogen and oxygen atoms in total. The van der Waals surface area contributed by atoms with Crippen LogP contribution in [0.1, 0.15) is 25.3 Å². The summed E-state index contributed by atoms with van der Waals surface area (Å²) in [6.07, 6.45) is 2.83. The third kappa shape index (κ3) is 5.30. The number of hydrogen-bond donors (Lipinski definition) is 1. The Morgan fingerprint density at radius 3 is 2.74 bits per heavy atom. The van der Waals surface area contributed by atoms with Crippen LogP contribution in [0.25, 0.3) is 32.1 Å². The van der Waals surface area contributed by atoms with Gasteiger partial charge in [-0.1, -0.05) is 18.7 Å². The van der Waals surface area contributed by atoms with Gasteiger partial charge in [0.05, 0.1) is 22.4 Å². The molecule has 0 aliphatic carbocycles. The normalized spacial score (nSPS) is 21.6. The molecule has 1 amide bonds. The van der Waals surface area contributed by atoms with E-state index in [1.165, 1.54) is 18.2 Å². The molecule has 4 aromatic rings. The maximum Gasteiger partial charge on any atom is 0.319 e. The summed E-state index contributed by atoms with van der Waals surface area (Å²) >= 11 is 0.954. The molecule has 2 aromatic heterocycles. The molecule has 0 unspecified atom stereocenters. The van der Waals surface area contributed by atoms with Crippen LogP contribution >= 0.6 is 11.3 Å². The van der Waals surface area contributed by atoms with E-state index in [1.807, 2.05) is 32.0 Å². The van der Waals surface area contributed by atoms with Gasteiger partial charge < -0.3 is 25.0 Å². The number of benzene rings is 2. The largest absolute Gasteiger partial charge is 0.462 e. The summed E-state index contributed by atoms with van der Waals surface area (Å²) in [6, 6.07) is 7.83. The van der Waals surface area contributed by atoms with E-state index in [0.29, 0.717) is 29.7 Å². The van der Waals surface area contributed by atoms with E-state index in [-0.39, 0.29) is 74.5 Å². The molecule has 0 radical (unpaired) electrons. The standard InChI is InChI=1S/C33H35F2N7O3S/c1-6-26(43)42-12-11-25(17(42)2)41(4)32-22-8-7-21(20-9-10-24(34)30-27(20)23(14-36)31(37)46-30)28(35)29(22)38-33(39-32)45-16-18-13-19(44-5)15-40(18)3/h6-10,17-19,25H,1,11-13,15-16,37H2,2-5H3/t17-,18-,19+,25-/m0/s1. The number of aromatic nitrogens is 2. The summed E-state index contributed by atoms with van der Waals surface area (Å²) in [5, 5.41) is 10.7. The van der Waals surface area contributed by atoms with Gasteiger partial charge in [-0.3, -0.25) is 9.69 Å². The monoisotopic (exact) mass is 647 g/mol. The molecule has 0 bridgehead atoms. The Morgan fingerprint density at radius 1 is 1.28 bits per heavy atom. The SMILES string of the molecule is C=CC(=O)N1CC[C@H](N(C)c2nc(OC[C@@H]3C[C@@H](OC)CN3C)nc3c(F)c(-c4ccc(F)c5sc(N)c(C#N)c45)ccc23)[C@@H]1C. The first-order chi connectivity index (χ1) is 22.1. The zero-order valence-electron chi connectivity index (χ0n) is 26.1. The van der Waals surface area contributed by atoms with Crippen molar-refractivity contribution in [1.82, 2.24) is 19.8 Å². The number of carbonyl (C=O) groups is 1. The van der Waals surface area contributed by atoms with Crippen LogP contribution in [-0.2, 0) is 9.53 Å². The second-order valence-corrected chi connectivity index (χ2v) is 12.9. The maximum absolute atomic E-state index is 16.8. The minimum atomic E-state index is -0.665. The fourth-order valence-electron chi connectivity index (χ4n) is 6.78. The number of methoxy groups -OCH3 is 1. The highest BCUT2D eigenvalue weighted by Gasteiger charge is 2.37. The van der Waals surface area contributed by atoms with Crippen molar-refractivity contribution in [3.8, 4) is 23.2 Å². The Morgan fingerprint density at radius 2 is 2.04 bits per heavy atom. The molecule has 2 saturated heterocycles. The van der Waals surface area contributed by atoms with Gasteiger partial charge in [-0.15, -0.1) is 11.3 Å². The van der Waals surface area contributed by atoms with Crippen molar-refractivity contribution in [2.75, 3.05) is 51.5 Å². The molecule has 0 spiro atoms. The Labute approximate surface area is 269 Å². The number of amides is 1. The number of fused-ring (bicyclic) bond motifs is 2. The molecule has 2 aliphatic rings. The molecular formula is C33H35F2N7O3S. The van der Waals surface area contributed by atoms with Gasteiger partial charge in [0.2, 0.25) is 5.91 Å². The fourth-order valence-corrected chi connectivity index (χ4v) is 7.73. The number of nitrogen functional groups attached to an aromatic ring is 1. The van der Waals surface area contributed by atoms with Crippen molar-refractivity contribution in [2.45, 2.75) is 44.0 Å². The molecule has 2 fully saturated rings. The van der Waals surface area contributed by atoms with Gasteiger partial charge >= 0.3 is 6.01 Å². The topological polar surface area (TPSA) is 121 Å². The zero-order valence-corrected chi connectivity index (χ0v) is 26.9. The van der Waals surface area contributed by atoms with Crippen molar-refractivity contribution < 1.29 is 23.0 Å². The van der Waals surface area contributed by atoms with Crippen molar-refractivity contribution in [3.05, 3.63) is 54.1 Å². The van der Waals surface area contributed by atoms with Gasteiger partial charge in [-0.25, -0.2) is 8.78 Å². The number of anilines is 2. The van der Waals surface area contributed by atoms with E-state index in [9.17, 15) is 14.4 Å². The summed E-state index contributed by atoms with van der Waals surface area (Å²) in [5.41, 5.74) is 6.64. The van der Waals surface area contributed by atoms with Crippen molar-refractivity contribution in [1.29, 1.82) is 5.26 Å². The summed E-state index contributed by atoms with van der Waals surface area (Å²) in [6.45, 7) is 7.18. The number of ether oxygens (including phenoxy) is 2. The Kier molecular flexibility index (Phi) is 8.54. The number of nitrogens with two attached hydrogens (primary N) is 1. The maximum atomic E-state index is 16.8. The van der Waals surface area contributed by atoms with Crippen LogP contribution in [0.5, 0.6) is 6.01 Å². The van der Waals surface area contributed by atoms with Gasteiger partial charge in [0, 0.05) is 55.7 Å². The first-order valence-corrected chi connectivity index (χ1v) is 15.8. The minimum Gasteiger partial charge on any atom is -0.462 e. The molecule has 2 N–H and O–H groups in total. The highest BCUT2D eigenvalue weighted by Crippen LogP contribution is 2.43. The molecule has 240 valence electrons. The molecule has 46 heavy (non-hydrogen) atoms. The Bertz CT molecular complexity index is 1890. The molecule has 6 rings (SSSR count). The lowest BCUT2D eigenvalue weighted by Gasteiger charge is -2.32. The lowest BCUT2D eigenvalue weighted by atomic mass is 9.97. The van der Waals surface area contributed by atoms with Crippen molar-refractivity contribution >= 4 is 49.1 Å². The summed E-state index contributed by atoms with van der Waals surface area (Å²) in [5.74, 6) is -0.905. The molecule has 2 aliphatic heterocycles. The first-order valence-electron chi connectivity index (χ1n) is 15.0. The minimum absolute atomic E-state index is 0.00563. The molecule has 4 atom stereocenters. The second-order valence-electron chi connectivity index (χ2n) is 11.8. The number of likely N-dealkylation sites (N-methyl/N-ethyl adjacent to an activating group) is 2. The number of nitrogens with zero attached hydrogens (tertiary/aromatic N) is 6. The van der Waals surface area contributed by atoms with E-state index in [0.717, 1.165) is 24.3 Å². The van der Waals surface area contributed by atoms with Gasteiger partial charge in [0.25, 0.3) is 0 Å². The summed E-state index contributed by atoms with van der Waals surface area (Å²) in [4.78, 5) is 27.7. The second kappa shape index (κ2) is 12.4. The van der Waals surface area contributed by atoms with E-state index < -0.39 is 11.6 Å². The first kappa shape index (κ1) is 31.6. The average Bonchev–Trinajstić information content (AvgIpc) is 3.73. The fraction of sp³-hybridized carbons (Fsp3) is 0.394. The lowest BCUT2D eigenvalue weighted by molar-refractivity contribution is -0.126. The molecule has 4 heterocycles. The summed E-state index contributed by atoms with van der Waals surface area (Å²) < 4.78 is 43.4. The number of hydrogen-bond acceptors (Lipinski definition) is 10. The highest BCUT2D eigenvalue weighted by molar-refractivity contribution is 7.23.